The summed E-state index contributed by atoms with van der Waals surface area (Å²) in [5.74, 6) is -0.206. The summed E-state index contributed by atoms with van der Waals surface area (Å²) in [4.78, 5) is 25.0. The Morgan fingerprint density at radius 3 is 2.50 bits per heavy atom. The average molecular weight is 322 g/mol. The lowest BCUT2D eigenvalue weighted by Gasteiger charge is -2.28. The van der Waals surface area contributed by atoms with Gasteiger partial charge in [0.2, 0.25) is 0 Å². The van der Waals surface area contributed by atoms with Crippen LogP contribution in [0.25, 0.3) is 0 Å². The van der Waals surface area contributed by atoms with E-state index in [9.17, 15) is 14.9 Å². The Bertz CT molecular complexity index is 502. The zero-order valence-corrected chi connectivity index (χ0v) is 13.6. The molecule has 2 N–H and O–H groups in total. The third kappa shape index (κ3) is 4.43. The zero-order chi connectivity index (χ0) is 14.8. The van der Waals surface area contributed by atoms with Crippen LogP contribution in [0.3, 0.4) is 0 Å². The SMILES string of the molecule is Cc1sc(C(=O)N(C)CC(C)(C)CN)cc1[N+](=O)[O-].Cl. The van der Waals surface area contributed by atoms with E-state index < -0.39 is 4.92 Å². The molecular weight excluding hydrogens is 302 g/mol. The van der Waals surface area contributed by atoms with Crippen LogP contribution in [0.2, 0.25) is 0 Å². The number of nitrogens with two attached hydrogens (primary N) is 1. The number of halogens is 1. The van der Waals surface area contributed by atoms with E-state index in [-0.39, 0.29) is 29.4 Å². The maximum Gasteiger partial charge on any atom is 0.283 e. The van der Waals surface area contributed by atoms with Crippen LogP contribution in [-0.4, -0.2) is 35.9 Å². The van der Waals surface area contributed by atoms with E-state index in [1.54, 1.807) is 18.9 Å². The van der Waals surface area contributed by atoms with E-state index in [1.165, 1.54) is 6.07 Å². The number of nitrogens with zero attached hydrogens (tertiary/aromatic N) is 2. The molecule has 114 valence electrons. The highest BCUT2D eigenvalue weighted by molar-refractivity contribution is 7.14. The van der Waals surface area contributed by atoms with Crippen molar-refractivity contribution in [3.05, 3.63) is 25.9 Å². The topological polar surface area (TPSA) is 89.5 Å². The second-order valence-electron chi connectivity index (χ2n) is 5.34. The molecule has 1 rings (SSSR count). The summed E-state index contributed by atoms with van der Waals surface area (Å²) < 4.78 is 0. The Hall–Kier alpha value is -1.18. The van der Waals surface area contributed by atoms with Crippen LogP contribution in [0.4, 0.5) is 5.69 Å². The average Bonchev–Trinajstić information content (AvgIpc) is 2.69. The zero-order valence-electron chi connectivity index (χ0n) is 12.0. The van der Waals surface area contributed by atoms with Crippen molar-refractivity contribution in [1.82, 2.24) is 4.90 Å². The van der Waals surface area contributed by atoms with Gasteiger partial charge >= 0.3 is 0 Å². The van der Waals surface area contributed by atoms with Gasteiger partial charge in [-0.05, 0) is 18.9 Å². The molecule has 1 amide bonds. The number of carbonyl (C=O) groups is 1. The lowest BCUT2D eigenvalue weighted by Crippen LogP contribution is -2.39. The van der Waals surface area contributed by atoms with Gasteiger partial charge in [-0.25, -0.2) is 0 Å². The van der Waals surface area contributed by atoms with E-state index in [0.717, 1.165) is 11.3 Å². The summed E-state index contributed by atoms with van der Waals surface area (Å²) in [7, 11) is 1.68. The second kappa shape index (κ2) is 7.01. The molecule has 1 heterocycles. The smallest absolute Gasteiger partial charge is 0.283 e. The number of nitro groups is 1. The maximum absolute atomic E-state index is 12.2. The summed E-state index contributed by atoms with van der Waals surface area (Å²) in [6, 6.07) is 1.34. The molecule has 8 heteroatoms. The molecule has 1 aromatic rings. The van der Waals surface area contributed by atoms with Gasteiger partial charge in [0, 0.05) is 19.7 Å². The Kier molecular flexibility index (Phi) is 6.60. The van der Waals surface area contributed by atoms with Crippen molar-refractivity contribution in [2.45, 2.75) is 20.8 Å². The largest absolute Gasteiger partial charge is 0.340 e. The Labute approximate surface area is 128 Å². The van der Waals surface area contributed by atoms with E-state index >= 15 is 0 Å². The predicted octanol–water partition coefficient (Wildman–Crippen LogP) is 2.44. The standard InChI is InChI=1S/C12H19N3O3S.ClH/c1-8-9(15(17)18)5-10(19-8)11(16)14(4)7-12(2,3)6-13;/h5H,6-7,13H2,1-4H3;1H. The normalized spacial score (nSPS) is 10.8. The van der Waals surface area contributed by atoms with E-state index in [2.05, 4.69) is 0 Å². The molecule has 0 saturated carbocycles. The summed E-state index contributed by atoms with van der Waals surface area (Å²) in [5.41, 5.74) is 5.46. The van der Waals surface area contributed by atoms with Crippen LogP contribution in [0.15, 0.2) is 6.07 Å². The first-order valence-corrected chi connectivity index (χ1v) is 6.70. The van der Waals surface area contributed by atoms with Gasteiger partial charge in [-0.15, -0.1) is 23.7 Å². The Balaban J connectivity index is 0.00000361. The fraction of sp³-hybridized carbons (Fsp3) is 0.583. The molecular formula is C12H20ClN3O3S. The van der Waals surface area contributed by atoms with Gasteiger partial charge in [-0.1, -0.05) is 13.8 Å². The van der Waals surface area contributed by atoms with Gasteiger partial charge in [0.05, 0.1) is 14.7 Å². The van der Waals surface area contributed by atoms with Crippen molar-refractivity contribution in [2.75, 3.05) is 20.1 Å². The highest BCUT2D eigenvalue weighted by atomic mass is 35.5. The fourth-order valence-electron chi connectivity index (χ4n) is 1.73. The van der Waals surface area contributed by atoms with E-state index in [4.69, 9.17) is 5.73 Å². The first kappa shape index (κ1) is 18.8. The number of rotatable bonds is 5. The fourth-order valence-corrected chi connectivity index (χ4v) is 2.71. The lowest BCUT2D eigenvalue weighted by atomic mass is 9.93. The van der Waals surface area contributed by atoms with Crippen molar-refractivity contribution in [1.29, 1.82) is 0 Å². The minimum absolute atomic E-state index is 0. The highest BCUT2D eigenvalue weighted by Gasteiger charge is 2.25. The summed E-state index contributed by atoms with van der Waals surface area (Å²) >= 11 is 1.15. The number of thiophene rings is 1. The molecule has 0 saturated heterocycles. The molecule has 0 fully saturated rings. The molecule has 0 radical (unpaired) electrons. The number of carbonyl (C=O) groups excluding carboxylic acids is 1. The molecule has 0 aromatic carbocycles. The van der Waals surface area contributed by atoms with Gasteiger partial charge in [0.1, 0.15) is 0 Å². The molecule has 6 nitrogen and oxygen atoms in total. The minimum Gasteiger partial charge on any atom is -0.340 e. The third-order valence-electron chi connectivity index (χ3n) is 2.86. The molecule has 0 spiro atoms. The highest BCUT2D eigenvalue weighted by Crippen LogP contribution is 2.29. The van der Waals surface area contributed by atoms with Gasteiger partial charge in [-0.3, -0.25) is 14.9 Å². The molecule has 0 aliphatic rings. The lowest BCUT2D eigenvalue weighted by molar-refractivity contribution is -0.385. The molecule has 0 atom stereocenters. The van der Waals surface area contributed by atoms with E-state index in [1.807, 2.05) is 13.8 Å². The minimum atomic E-state index is -0.466. The molecule has 0 bridgehead atoms. The molecule has 0 aliphatic carbocycles. The quantitative estimate of drug-likeness (QED) is 0.666. The van der Waals surface area contributed by atoms with Crippen molar-refractivity contribution in [2.24, 2.45) is 11.1 Å². The van der Waals surface area contributed by atoms with Crippen molar-refractivity contribution in [3.8, 4) is 0 Å². The van der Waals surface area contributed by atoms with Crippen LogP contribution in [-0.2, 0) is 0 Å². The molecule has 20 heavy (non-hydrogen) atoms. The van der Waals surface area contributed by atoms with Crippen LogP contribution >= 0.6 is 23.7 Å². The Morgan fingerprint density at radius 2 is 2.10 bits per heavy atom. The Morgan fingerprint density at radius 1 is 1.55 bits per heavy atom. The van der Waals surface area contributed by atoms with Gasteiger partial charge in [-0.2, -0.15) is 0 Å². The third-order valence-corrected chi connectivity index (χ3v) is 3.89. The number of amides is 1. The summed E-state index contributed by atoms with van der Waals surface area (Å²) in [6.45, 7) is 6.56. The second-order valence-corrected chi connectivity index (χ2v) is 6.60. The monoisotopic (exact) mass is 321 g/mol. The van der Waals surface area contributed by atoms with Crippen LogP contribution in [0.5, 0.6) is 0 Å². The van der Waals surface area contributed by atoms with Crippen LogP contribution in [0, 0.1) is 22.5 Å². The first-order chi connectivity index (χ1) is 8.68. The number of hydrogen-bond acceptors (Lipinski definition) is 5. The summed E-state index contributed by atoms with van der Waals surface area (Å²) in [5, 5.41) is 10.8. The first-order valence-electron chi connectivity index (χ1n) is 5.88. The van der Waals surface area contributed by atoms with Gasteiger partial charge in [0.15, 0.2) is 0 Å². The summed E-state index contributed by atoms with van der Waals surface area (Å²) in [6.07, 6.45) is 0. The molecule has 0 unspecified atom stereocenters. The van der Waals surface area contributed by atoms with Gasteiger partial charge in [0.25, 0.3) is 11.6 Å². The predicted molar refractivity (Wildman–Crippen MR) is 82.8 cm³/mol. The number of hydrogen-bond donors (Lipinski definition) is 1. The van der Waals surface area contributed by atoms with Crippen molar-refractivity contribution < 1.29 is 9.72 Å². The van der Waals surface area contributed by atoms with Crippen molar-refractivity contribution >= 4 is 35.3 Å². The van der Waals surface area contributed by atoms with Crippen molar-refractivity contribution in [3.63, 3.8) is 0 Å². The maximum atomic E-state index is 12.2. The molecule has 1 aromatic heterocycles. The van der Waals surface area contributed by atoms with Crippen LogP contribution < -0.4 is 5.73 Å². The molecule has 0 aliphatic heterocycles. The van der Waals surface area contributed by atoms with Gasteiger partial charge < -0.3 is 10.6 Å². The number of aryl methyl sites for hydroxylation is 1. The van der Waals surface area contributed by atoms with Crippen LogP contribution in [0.1, 0.15) is 28.4 Å². The van der Waals surface area contributed by atoms with E-state index in [0.29, 0.717) is 22.8 Å².